The van der Waals surface area contributed by atoms with Crippen molar-refractivity contribution >= 4 is 0 Å². The van der Waals surface area contributed by atoms with Gasteiger partial charge in [-0.1, -0.05) is 6.92 Å². The highest BCUT2D eigenvalue weighted by atomic mass is 16.3. The molecule has 3 nitrogen and oxygen atoms in total. The predicted octanol–water partition coefficient (Wildman–Crippen LogP) is -0.347. The Morgan fingerprint density at radius 1 is 1.67 bits per heavy atom. The Bertz CT molecular complexity index is 59.0. The van der Waals surface area contributed by atoms with Crippen LogP contribution in [0.15, 0.2) is 0 Å². The first-order valence-corrected chi connectivity index (χ1v) is 3.42. The summed E-state index contributed by atoms with van der Waals surface area (Å²) in [5, 5.41) is 11.9. The van der Waals surface area contributed by atoms with Crippen LogP contribution in [0.25, 0.3) is 0 Å². The highest BCUT2D eigenvalue weighted by molar-refractivity contribution is 4.51. The van der Waals surface area contributed by atoms with Gasteiger partial charge in [0.15, 0.2) is 0 Å². The fraction of sp³-hybridized carbons (Fsp3) is 1.00. The summed E-state index contributed by atoms with van der Waals surface area (Å²) in [5.74, 6) is 0. The van der Waals surface area contributed by atoms with Gasteiger partial charge < -0.3 is 10.8 Å². The number of nitrogens with two attached hydrogens (primary N) is 1. The van der Waals surface area contributed by atoms with Gasteiger partial charge in [0.1, 0.15) is 6.23 Å². The van der Waals surface area contributed by atoms with Crippen molar-refractivity contribution in [1.82, 2.24) is 5.32 Å². The van der Waals surface area contributed by atoms with Gasteiger partial charge in [0.25, 0.3) is 0 Å². The minimum Gasteiger partial charge on any atom is -0.379 e. The molecule has 0 aliphatic carbocycles. The molecule has 0 fully saturated rings. The topological polar surface area (TPSA) is 58.3 Å². The molecular weight excluding hydrogens is 116 g/mol. The average Bonchev–Trinajstić information content (AvgIpc) is 1.85. The Morgan fingerprint density at radius 3 is 2.78 bits per heavy atom. The van der Waals surface area contributed by atoms with E-state index in [0.717, 1.165) is 19.4 Å². The zero-order valence-corrected chi connectivity index (χ0v) is 5.93. The Balaban J connectivity index is 2.95. The van der Waals surface area contributed by atoms with Crippen LogP contribution in [-0.2, 0) is 0 Å². The molecule has 3 heteroatoms. The van der Waals surface area contributed by atoms with E-state index in [9.17, 15) is 0 Å². The van der Waals surface area contributed by atoms with Crippen LogP contribution in [0, 0.1) is 0 Å². The van der Waals surface area contributed by atoms with Crippen LogP contribution in [0.1, 0.15) is 19.8 Å². The van der Waals surface area contributed by atoms with Gasteiger partial charge >= 0.3 is 0 Å². The molecule has 0 aliphatic rings. The van der Waals surface area contributed by atoms with Crippen LogP contribution in [0.4, 0.5) is 0 Å². The van der Waals surface area contributed by atoms with E-state index in [1.54, 1.807) is 0 Å². The van der Waals surface area contributed by atoms with Crippen LogP contribution < -0.4 is 11.1 Å². The van der Waals surface area contributed by atoms with Crippen LogP contribution in [-0.4, -0.2) is 24.4 Å². The maximum Gasteiger partial charge on any atom is 0.104 e. The van der Waals surface area contributed by atoms with E-state index in [0.29, 0.717) is 6.54 Å². The molecule has 1 unspecified atom stereocenters. The van der Waals surface area contributed by atoms with Crippen LogP contribution in [0.2, 0.25) is 0 Å². The second-order valence-electron chi connectivity index (χ2n) is 2.00. The standard InChI is InChI=1S/C6H16N2O/c1-2-8-6(9)4-3-5-7/h6,8-9H,2-5,7H2,1H3. The van der Waals surface area contributed by atoms with Crippen molar-refractivity contribution in [3.05, 3.63) is 0 Å². The molecule has 0 aliphatic heterocycles. The number of nitrogens with one attached hydrogen (secondary N) is 1. The Morgan fingerprint density at radius 2 is 2.33 bits per heavy atom. The number of hydrogen-bond donors (Lipinski definition) is 3. The highest BCUT2D eigenvalue weighted by Crippen LogP contribution is 1.89. The molecule has 0 spiro atoms. The zero-order chi connectivity index (χ0) is 7.11. The molecule has 1 atom stereocenters. The highest BCUT2D eigenvalue weighted by Gasteiger charge is 1.97. The summed E-state index contributed by atoms with van der Waals surface area (Å²) in [6.45, 7) is 3.43. The van der Waals surface area contributed by atoms with Crippen molar-refractivity contribution in [2.75, 3.05) is 13.1 Å². The zero-order valence-electron chi connectivity index (χ0n) is 5.93. The van der Waals surface area contributed by atoms with E-state index in [2.05, 4.69) is 5.32 Å². The smallest absolute Gasteiger partial charge is 0.104 e. The number of aliphatic hydroxyl groups excluding tert-OH is 1. The molecule has 0 amide bonds. The number of rotatable bonds is 5. The minimum atomic E-state index is -0.362. The van der Waals surface area contributed by atoms with Gasteiger partial charge in [-0.15, -0.1) is 0 Å². The maximum absolute atomic E-state index is 9.01. The van der Waals surface area contributed by atoms with Crippen molar-refractivity contribution in [2.45, 2.75) is 26.0 Å². The van der Waals surface area contributed by atoms with Crippen molar-refractivity contribution in [3.8, 4) is 0 Å². The van der Waals surface area contributed by atoms with E-state index in [1.165, 1.54) is 0 Å². The van der Waals surface area contributed by atoms with E-state index in [4.69, 9.17) is 10.8 Å². The van der Waals surface area contributed by atoms with E-state index >= 15 is 0 Å². The first-order valence-electron chi connectivity index (χ1n) is 3.42. The molecule has 0 saturated heterocycles. The van der Waals surface area contributed by atoms with Gasteiger partial charge in [0, 0.05) is 0 Å². The molecule has 9 heavy (non-hydrogen) atoms. The second kappa shape index (κ2) is 6.01. The van der Waals surface area contributed by atoms with Gasteiger partial charge in [-0.05, 0) is 25.9 Å². The fourth-order valence-corrected chi connectivity index (χ4v) is 0.649. The summed E-state index contributed by atoms with van der Waals surface area (Å²) < 4.78 is 0. The van der Waals surface area contributed by atoms with Gasteiger partial charge in [-0.2, -0.15) is 0 Å². The molecule has 0 aromatic carbocycles. The molecule has 0 saturated carbocycles. The van der Waals surface area contributed by atoms with Crippen molar-refractivity contribution < 1.29 is 5.11 Å². The van der Waals surface area contributed by atoms with Crippen molar-refractivity contribution in [2.24, 2.45) is 5.73 Å². The summed E-state index contributed by atoms with van der Waals surface area (Å²) in [5.41, 5.74) is 5.23. The molecule has 0 radical (unpaired) electrons. The quantitative estimate of drug-likeness (QED) is 0.448. The third-order valence-electron chi connectivity index (χ3n) is 1.12. The largest absolute Gasteiger partial charge is 0.379 e. The van der Waals surface area contributed by atoms with Gasteiger partial charge in [-0.25, -0.2) is 0 Å². The lowest BCUT2D eigenvalue weighted by atomic mass is 10.3. The maximum atomic E-state index is 9.01. The molecule has 0 heterocycles. The lowest BCUT2D eigenvalue weighted by Crippen LogP contribution is -2.28. The van der Waals surface area contributed by atoms with Crippen molar-refractivity contribution in [3.63, 3.8) is 0 Å². The first-order chi connectivity index (χ1) is 4.31. The summed E-state index contributed by atoms with van der Waals surface area (Å²) in [6, 6.07) is 0. The summed E-state index contributed by atoms with van der Waals surface area (Å²) in [6.07, 6.45) is 1.27. The van der Waals surface area contributed by atoms with E-state index < -0.39 is 0 Å². The number of aliphatic hydroxyl groups is 1. The summed E-state index contributed by atoms with van der Waals surface area (Å²) in [7, 11) is 0. The Kier molecular flexibility index (Phi) is 5.93. The first kappa shape index (κ1) is 8.88. The molecule has 0 aromatic heterocycles. The molecule has 0 rings (SSSR count). The normalized spacial score (nSPS) is 13.7. The van der Waals surface area contributed by atoms with Crippen LogP contribution in [0.3, 0.4) is 0 Å². The Labute approximate surface area is 56.2 Å². The molecule has 0 aromatic rings. The molecule has 56 valence electrons. The SMILES string of the molecule is CCNC(O)CCCN. The second-order valence-corrected chi connectivity index (χ2v) is 2.00. The Hall–Kier alpha value is -0.120. The summed E-state index contributed by atoms with van der Waals surface area (Å²) in [4.78, 5) is 0. The summed E-state index contributed by atoms with van der Waals surface area (Å²) >= 11 is 0. The minimum absolute atomic E-state index is 0.362. The fourth-order valence-electron chi connectivity index (χ4n) is 0.649. The monoisotopic (exact) mass is 132 g/mol. The average molecular weight is 132 g/mol. The van der Waals surface area contributed by atoms with Gasteiger partial charge in [0.2, 0.25) is 0 Å². The third kappa shape index (κ3) is 5.76. The van der Waals surface area contributed by atoms with Crippen LogP contribution in [0.5, 0.6) is 0 Å². The van der Waals surface area contributed by atoms with E-state index in [-0.39, 0.29) is 6.23 Å². The lowest BCUT2D eigenvalue weighted by Gasteiger charge is -2.08. The number of hydrogen-bond acceptors (Lipinski definition) is 3. The molecule has 4 N–H and O–H groups in total. The molecular formula is C6H16N2O. The van der Waals surface area contributed by atoms with E-state index in [1.807, 2.05) is 6.92 Å². The molecule has 0 bridgehead atoms. The third-order valence-corrected chi connectivity index (χ3v) is 1.12. The van der Waals surface area contributed by atoms with Crippen molar-refractivity contribution in [1.29, 1.82) is 0 Å². The van der Waals surface area contributed by atoms with Crippen LogP contribution >= 0.6 is 0 Å². The van der Waals surface area contributed by atoms with Gasteiger partial charge in [0.05, 0.1) is 0 Å². The lowest BCUT2D eigenvalue weighted by molar-refractivity contribution is 0.128. The van der Waals surface area contributed by atoms with Gasteiger partial charge in [-0.3, -0.25) is 5.32 Å². The predicted molar refractivity (Wildman–Crippen MR) is 38.0 cm³/mol.